The summed E-state index contributed by atoms with van der Waals surface area (Å²) in [6.45, 7) is 2.73. The zero-order chi connectivity index (χ0) is 16.8. The van der Waals surface area contributed by atoms with Crippen molar-refractivity contribution in [3.8, 4) is 5.75 Å². The Bertz CT molecular complexity index is 698. The molecular weight excluding hydrogens is 296 g/mol. The number of amides is 1. The molecule has 1 amide bonds. The number of nitrogens with zero attached hydrogens (tertiary/aromatic N) is 2. The standard InChI is InChI=1S/C17H18N2O4/c1-13-6-8-16(9-7-13)23-11-10-18(2)17(20)14-4-3-5-15(12-14)19(21)22/h3-9,12H,10-11H2,1-2H3. The summed E-state index contributed by atoms with van der Waals surface area (Å²) in [7, 11) is 1.64. The molecule has 0 fully saturated rings. The first-order valence-electron chi connectivity index (χ1n) is 7.17. The highest BCUT2D eigenvalue weighted by molar-refractivity contribution is 5.94. The van der Waals surface area contributed by atoms with E-state index in [1.807, 2.05) is 31.2 Å². The van der Waals surface area contributed by atoms with E-state index in [-0.39, 0.29) is 17.2 Å². The minimum Gasteiger partial charge on any atom is -0.492 e. The van der Waals surface area contributed by atoms with Crippen LogP contribution in [0.15, 0.2) is 48.5 Å². The Balaban J connectivity index is 1.91. The molecule has 0 saturated heterocycles. The van der Waals surface area contributed by atoms with Crippen LogP contribution in [0.25, 0.3) is 0 Å². The van der Waals surface area contributed by atoms with E-state index in [0.717, 1.165) is 11.3 Å². The molecule has 0 saturated carbocycles. The third kappa shape index (κ3) is 4.54. The lowest BCUT2D eigenvalue weighted by atomic mass is 10.2. The number of benzene rings is 2. The van der Waals surface area contributed by atoms with Crippen molar-refractivity contribution in [1.82, 2.24) is 4.90 Å². The Labute approximate surface area is 134 Å². The van der Waals surface area contributed by atoms with Crippen LogP contribution in [0.3, 0.4) is 0 Å². The quantitative estimate of drug-likeness (QED) is 0.607. The Hall–Kier alpha value is -2.89. The summed E-state index contributed by atoms with van der Waals surface area (Å²) in [6.07, 6.45) is 0. The van der Waals surface area contributed by atoms with Gasteiger partial charge in [0.15, 0.2) is 0 Å². The number of non-ortho nitro benzene ring substituents is 1. The molecule has 0 atom stereocenters. The third-order valence-corrected chi connectivity index (χ3v) is 3.37. The summed E-state index contributed by atoms with van der Waals surface area (Å²) in [5, 5.41) is 10.8. The van der Waals surface area contributed by atoms with Gasteiger partial charge < -0.3 is 9.64 Å². The van der Waals surface area contributed by atoms with Crippen LogP contribution in [0.5, 0.6) is 5.75 Å². The van der Waals surface area contributed by atoms with Gasteiger partial charge in [0.2, 0.25) is 0 Å². The fourth-order valence-electron chi connectivity index (χ4n) is 2.01. The van der Waals surface area contributed by atoms with Gasteiger partial charge in [-0.25, -0.2) is 0 Å². The number of hydrogen-bond donors (Lipinski definition) is 0. The molecule has 0 N–H and O–H groups in total. The van der Waals surface area contributed by atoms with E-state index in [1.54, 1.807) is 13.1 Å². The Morgan fingerprint density at radius 2 is 1.91 bits per heavy atom. The summed E-state index contributed by atoms with van der Waals surface area (Å²) in [5.41, 5.74) is 1.34. The summed E-state index contributed by atoms with van der Waals surface area (Å²) in [6, 6.07) is 13.3. The molecule has 2 rings (SSSR count). The van der Waals surface area contributed by atoms with Crippen molar-refractivity contribution in [3.05, 3.63) is 69.8 Å². The average molecular weight is 314 g/mol. The molecule has 0 aliphatic carbocycles. The molecule has 0 spiro atoms. The van der Waals surface area contributed by atoms with Crippen LogP contribution in [-0.2, 0) is 0 Å². The van der Waals surface area contributed by atoms with Crippen molar-refractivity contribution < 1.29 is 14.5 Å². The van der Waals surface area contributed by atoms with Crippen molar-refractivity contribution in [1.29, 1.82) is 0 Å². The van der Waals surface area contributed by atoms with Gasteiger partial charge in [-0.15, -0.1) is 0 Å². The maximum Gasteiger partial charge on any atom is 0.270 e. The summed E-state index contributed by atoms with van der Waals surface area (Å²) in [5.74, 6) is 0.466. The molecule has 0 heterocycles. The van der Waals surface area contributed by atoms with E-state index in [9.17, 15) is 14.9 Å². The number of nitro benzene ring substituents is 1. The maximum absolute atomic E-state index is 12.3. The number of nitro groups is 1. The van der Waals surface area contributed by atoms with Crippen LogP contribution >= 0.6 is 0 Å². The lowest BCUT2D eigenvalue weighted by Crippen LogP contribution is -2.30. The van der Waals surface area contributed by atoms with Crippen molar-refractivity contribution in [2.75, 3.05) is 20.2 Å². The number of hydrogen-bond acceptors (Lipinski definition) is 4. The van der Waals surface area contributed by atoms with E-state index in [0.29, 0.717) is 13.2 Å². The summed E-state index contributed by atoms with van der Waals surface area (Å²) in [4.78, 5) is 24.0. The van der Waals surface area contributed by atoms with Crippen molar-refractivity contribution in [3.63, 3.8) is 0 Å². The molecule has 0 aliphatic rings. The van der Waals surface area contributed by atoms with Gasteiger partial charge in [-0.1, -0.05) is 23.8 Å². The van der Waals surface area contributed by atoms with Gasteiger partial charge in [-0.05, 0) is 25.1 Å². The van der Waals surface area contributed by atoms with Gasteiger partial charge >= 0.3 is 0 Å². The number of carbonyl (C=O) groups is 1. The molecule has 2 aromatic rings. The predicted octanol–water partition coefficient (Wildman–Crippen LogP) is 3.05. The molecule has 6 heteroatoms. The molecule has 2 aromatic carbocycles. The zero-order valence-corrected chi connectivity index (χ0v) is 13.1. The topological polar surface area (TPSA) is 72.7 Å². The van der Waals surface area contributed by atoms with Crippen molar-refractivity contribution in [2.24, 2.45) is 0 Å². The second kappa shape index (κ2) is 7.40. The van der Waals surface area contributed by atoms with Gasteiger partial charge in [0.05, 0.1) is 11.5 Å². The van der Waals surface area contributed by atoms with Gasteiger partial charge in [-0.2, -0.15) is 0 Å². The minimum atomic E-state index is -0.517. The number of aryl methyl sites for hydroxylation is 1. The molecule has 0 radical (unpaired) electrons. The fraction of sp³-hybridized carbons (Fsp3) is 0.235. The molecule has 0 aromatic heterocycles. The predicted molar refractivity (Wildman–Crippen MR) is 86.7 cm³/mol. The average Bonchev–Trinajstić information content (AvgIpc) is 2.56. The number of carbonyl (C=O) groups excluding carboxylic acids is 1. The monoisotopic (exact) mass is 314 g/mol. The van der Waals surface area contributed by atoms with Crippen molar-refractivity contribution in [2.45, 2.75) is 6.92 Å². The second-order valence-corrected chi connectivity index (χ2v) is 5.20. The minimum absolute atomic E-state index is 0.0971. The Morgan fingerprint density at radius 1 is 1.22 bits per heavy atom. The summed E-state index contributed by atoms with van der Waals surface area (Å²) < 4.78 is 5.58. The molecule has 0 unspecified atom stereocenters. The van der Waals surface area contributed by atoms with E-state index in [4.69, 9.17) is 4.74 Å². The lowest BCUT2D eigenvalue weighted by Gasteiger charge is -2.17. The van der Waals surface area contributed by atoms with Crippen LogP contribution < -0.4 is 4.74 Å². The number of ether oxygens (including phenoxy) is 1. The van der Waals surface area contributed by atoms with Crippen LogP contribution in [0, 0.1) is 17.0 Å². The van der Waals surface area contributed by atoms with Crippen LogP contribution in [0.4, 0.5) is 5.69 Å². The normalized spacial score (nSPS) is 10.2. The van der Waals surface area contributed by atoms with Gasteiger partial charge in [-0.3, -0.25) is 14.9 Å². The van der Waals surface area contributed by atoms with Crippen molar-refractivity contribution >= 4 is 11.6 Å². The lowest BCUT2D eigenvalue weighted by molar-refractivity contribution is -0.384. The van der Waals surface area contributed by atoms with Crippen LogP contribution in [-0.4, -0.2) is 35.9 Å². The Kier molecular flexibility index (Phi) is 5.30. The molecule has 0 aliphatic heterocycles. The van der Waals surface area contributed by atoms with Crippen LogP contribution in [0.2, 0.25) is 0 Å². The highest BCUT2D eigenvalue weighted by atomic mass is 16.6. The van der Waals surface area contributed by atoms with Gasteiger partial charge in [0.25, 0.3) is 11.6 Å². The largest absolute Gasteiger partial charge is 0.492 e. The van der Waals surface area contributed by atoms with E-state index in [2.05, 4.69) is 0 Å². The highest BCUT2D eigenvalue weighted by Gasteiger charge is 2.15. The SMILES string of the molecule is Cc1ccc(OCCN(C)C(=O)c2cccc([N+](=O)[O-])c2)cc1. The van der Waals surface area contributed by atoms with E-state index >= 15 is 0 Å². The van der Waals surface area contributed by atoms with Gasteiger partial charge in [0.1, 0.15) is 12.4 Å². The maximum atomic E-state index is 12.3. The number of rotatable bonds is 6. The Morgan fingerprint density at radius 3 is 2.57 bits per heavy atom. The highest BCUT2D eigenvalue weighted by Crippen LogP contribution is 2.15. The molecule has 23 heavy (non-hydrogen) atoms. The van der Waals surface area contributed by atoms with E-state index in [1.165, 1.54) is 23.1 Å². The van der Waals surface area contributed by atoms with Gasteiger partial charge in [0, 0.05) is 24.7 Å². The second-order valence-electron chi connectivity index (χ2n) is 5.20. The molecule has 6 nitrogen and oxygen atoms in total. The smallest absolute Gasteiger partial charge is 0.270 e. The molecular formula is C17H18N2O4. The molecule has 120 valence electrons. The first-order chi connectivity index (χ1) is 11.0. The number of likely N-dealkylation sites (N-methyl/N-ethyl adjacent to an activating group) is 1. The zero-order valence-electron chi connectivity index (χ0n) is 13.1. The first-order valence-corrected chi connectivity index (χ1v) is 7.17. The first kappa shape index (κ1) is 16.5. The third-order valence-electron chi connectivity index (χ3n) is 3.37. The summed E-state index contributed by atoms with van der Waals surface area (Å²) >= 11 is 0. The fourth-order valence-corrected chi connectivity index (χ4v) is 2.01. The molecule has 0 bridgehead atoms. The van der Waals surface area contributed by atoms with Crippen LogP contribution in [0.1, 0.15) is 15.9 Å². The van der Waals surface area contributed by atoms with E-state index < -0.39 is 4.92 Å².